The molecule has 0 aliphatic carbocycles. The van der Waals surface area contributed by atoms with Crippen LogP contribution in [-0.4, -0.2) is 0 Å². The standard InChI is InChI=1S/C42H24F2N4/c1-46-38-25-33(17-21-37(38)44)48(31-10-6-3-7-11-31)40-23-15-28-12-18-34-39(22-14-27-13-19-35(40)42(28)41(27)34)47(30-8-4-2-5-9-30)32-16-20-36(43)29(24-32)26-45/h2-25H/i2D,3D,4D,5D,6D,7D,8D,10D,11D. The third-order valence-corrected chi connectivity index (χ3v) is 8.22. The van der Waals surface area contributed by atoms with Crippen molar-refractivity contribution in [3.05, 3.63) is 174 Å². The first-order valence-corrected chi connectivity index (χ1v) is 14.6. The Morgan fingerprint density at radius 1 is 0.583 bits per heavy atom. The van der Waals surface area contributed by atoms with Gasteiger partial charge in [-0.2, -0.15) is 5.26 Å². The van der Waals surface area contributed by atoms with E-state index in [-0.39, 0.29) is 46.1 Å². The van der Waals surface area contributed by atoms with Crippen LogP contribution in [0.25, 0.3) is 37.2 Å². The number of rotatable bonds is 6. The lowest BCUT2D eigenvalue weighted by Crippen LogP contribution is -2.11. The molecule has 0 radical (unpaired) electrons. The van der Waals surface area contributed by atoms with Gasteiger partial charge in [0.1, 0.15) is 17.7 Å². The topological polar surface area (TPSA) is 34.6 Å². The Bertz CT molecular complexity index is 3080. The van der Waals surface area contributed by atoms with Crippen molar-refractivity contribution in [2.75, 3.05) is 9.80 Å². The van der Waals surface area contributed by atoms with Crippen LogP contribution in [0.1, 0.15) is 17.9 Å². The van der Waals surface area contributed by atoms with Crippen LogP contribution in [0.3, 0.4) is 0 Å². The fraction of sp³-hybridized carbons (Fsp3) is 0. The molecule has 0 saturated heterocycles. The van der Waals surface area contributed by atoms with Crippen LogP contribution in [0, 0.1) is 29.5 Å². The zero-order valence-electron chi connectivity index (χ0n) is 33.7. The molecule has 0 bridgehead atoms. The van der Waals surface area contributed by atoms with Gasteiger partial charge in [-0.15, -0.1) is 0 Å². The minimum absolute atomic E-state index is 0.0338. The monoisotopic (exact) mass is 631 g/mol. The summed E-state index contributed by atoms with van der Waals surface area (Å²) in [6.45, 7) is 7.57. The Kier molecular flexibility index (Phi) is 4.90. The molecule has 0 aromatic heterocycles. The van der Waals surface area contributed by atoms with Crippen molar-refractivity contribution in [1.82, 2.24) is 0 Å². The van der Waals surface area contributed by atoms with Crippen molar-refractivity contribution in [3.8, 4) is 6.07 Å². The lowest BCUT2D eigenvalue weighted by atomic mass is 9.91. The van der Waals surface area contributed by atoms with Crippen molar-refractivity contribution in [3.63, 3.8) is 0 Å². The minimum atomic E-state index is -0.798. The molecule has 6 heteroatoms. The zero-order valence-corrected chi connectivity index (χ0v) is 24.7. The molecule has 0 unspecified atom stereocenters. The van der Waals surface area contributed by atoms with Crippen molar-refractivity contribution in [2.24, 2.45) is 0 Å². The first-order chi connectivity index (χ1) is 27.3. The molecule has 0 amide bonds. The summed E-state index contributed by atoms with van der Waals surface area (Å²) in [5.74, 6) is -1.57. The molecule has 4 nitrogen and oxygen atoms in total. The Morgan fingerprint density at radius 3 is 1.75 bits per heavy atom. The molecule has 8 aromatic rings. The van der Waals surface area contributed by atoms with Crippen LogP contribution >= 0.6 is 0 Å². The van der Waals surface area contributed by atoms with Gasteiger partial charge in [0, 0.05) is 33.5 Å². The second kappa shape index (κ2) is 11.6. The molecule has 8 aromatic carbocycles. The fourth-order valence-corrected chi connectivity index (χ4v) is 6.17. The summed E-state index contributed by atoms with van der Waals surface area (Å²) in [5.41, 5.74) is 0.348. The van der Waals surface area contributed by atoms with Gasteiger partial charge in [-0.25, -0.2) is 13.6 Å². The molecule has 0 aliphatic heterocycles. The van der Waals surface area contributed by atoms with E-state index in [2.05, 4.69) is 4.85 Å². The predicted octanol–water partition coefficient (Wildman–Crippen LogP) is 12.2. The molecule has 0 aliphatic rings. The summed E-state index contributed by atoms with van der Waals surface area (Å²) in [6, 6.07) is 20.5. The third kappa shape index (κ3) is 4.64. The highest BCUT2D eigenvalue weighted by atomic mass is 19.1. The van der Waals surface area contributed by atoms with Gasteiger partial charge in [0.25, 0.3) is 0 Å². The van der Waals surface area contributed by atoms with Crippen LogP contribution in [0.2, 0.25) is 0 Å². The van der Waals surface area contributed by atoms with Gasteiger partial charge in [-0.05, 0) is 94.3 Å². The van der Waals surface area contributed by atoms with Gasteiger partial charge in [0.15, 0.2) is 0 Å². The molecular formula is C42H24F2N4. The normalized spacial score (nSPS) is 13.7. The maximum absolute atomic E-state index is 14.7. The van der Waals surface area contributed by atoms with E-state index in [1.807, 2.05) is 36.4 Å². The molecule has 8 rings (SSSR count). The molecule has 0 atom stereocenters. The molecule has 0 N–H and O–H groups in total. The smallest absolute Gasteiger partial charge is 0.224 e. The van der Waals surface area contributed by atoms with Gasteiger partial charge in [-0.1, -0.05) is 72.7 Å². The SMILES string of the molecule is [2H]c1cc(N(c2ccc(F)c(C#N)c2)c2ccc3ccc4c(N(c5ccc(F)c([N+]#[C-])c5)c5c([2H])c([2H])c([2H])c([2H])c5[2H])ccc5ccc2c3c54)c([2H])c([2H])c1[2H]. The average molecular weight is 632 g/mol. The first kappa shape index (κ1) is 20.4. The van der Waals surface area contributed by atoms with E-state index in [0.29, 0.717) is 32.9 Å². The van der Waals surface area contributed by atoms with Crippen LogP contribution in [0.4, 0.5) is 48.6 Å². The number of anilines is 6. The van der Waals surface area contributed by atoms with Crippen molar-refractivity contribution in [1.29, 1.82) is 5.26 Å². The number of hydrogen-bond acceptors (Lipinski definition) is 3. The Hall–Kier alpha value is -6.76. The van der Waals surface area contributed by atoms with Gasteiger partial charge in [-0.3, -0.25) is 0 Å². The number of nitrogens with zero attached hydrogens (tertiary/aromatic N) is 4. The maximum Gasteiger partial charge on any atom is 0.224 e. The van der Waals surface area contributed by atoms with Crippen LogP contribution in [0.5, 0.6) is 0 Å². The molecular weight excluding hydrogens is 598 g/mol. The fourth-order valence-electron chi connectivity index (χ4n) is 6.17. The van der Waals surface area contributed by atoms with E-state index in [1.54, 1.807) is 18.2 Å². The number of nitriles is 1. The van der Waals surface area contributed by atoms with Crippen molar-refractivity contribution in [2.45, 2.75) is 0 Å². The summed E-state index contributed by atoms with van der Waals surface area (Å²) in [4.78, 5) is 6.25. The number of hydrogen-bond donors (Lipinski definition) is 0. The zero-order chi connectivity index (χ0) is 40.6. The molecule has 0 fully saturated rings. The summed E-state index contributed by atoms with van der Waals surface area (Å²) < 4.78 is 106. The van der Waals surface area contributed by atoms with Crippen LogP contribution in [-0.2, 0) is 0 Å². The quantitative estimate of drug-likeness (QED) is 0.135. The highest BCUT2D eigenvalue weighted by Crippen LogP contribution is 2.47. The summed E-state index contributed by atoms with van der Waals surface area (Å²) in [7, 11) is 0. The highest BCUT2D eigenvalue weighted by molar-refractivity contribution is 6.28. The van der Waals surface area contributed by atoms with Crippen LogP contribution in [0.15, 0.2) is 145 Å². The first-order valence-electron chi connectivity index (χ1n) is 19.1. The number of halogens is 2. The number of para-hydroxylation sites is 2. The molecule has 48 heavy (non-hydrogen) atoms. The van der Waals surface area contributed by atoms with E-state index >= 15 is 0 Å². The molecule has 0 saturated carbocycles. The largest absolute Gasteiger partial charge is 0.311 e. The summed E-state index contributed by atoms with van der Waals surface area (Å²) in [6.07, 6.45) is 0. The Morgan fingerprint density at radius 2 is 1.12 bits per heavy atom. The molecule has 226 valence electrons. The minimum Gasteiger partial charge on any atom is -0.311 e. The van der Waals surface area contributed by atoms with E-state index < -0.39 is 53.9 Å². The summed E-state index contributed by atoms with van der Waals surface area (Å²) >= 11 is 0. The van der Waals surface area contributed by atoms with Crippen molar-refractivity contribution < 1.29 is 21.1 Å². The second-order valence-corrected chi connectivity index (χ2v) is 10.8. The Balaban J connectivity index is 1.47. The van der Waals surface area contributed by atoms with Crippen molar-refractivity contribution >= 4 is 72.1 Å². The van der Waals surface area contributed by atoms with Gasteiger partial charge < -0.3 is 9.80 Å². The van der Waals surface area contributed by atoms with Gasteiger partial charge in [0.2, 0.25) is 5.69 Å². The van der Waals surface area contributed by atoms with Gasteiger partial charge in [0.05, 0.1) is 35.8 Å². The average Bonchev–Trinajstić information content (AvgIpc) is 3.22. The van der Waals surface area contributed by atoms with E-state index in [0.717, 1.165) is 22.9 Å². The third-order valence-electron chi connectivity index (χ3n) is 8.22. The lowest BCUT2D eigenvalue weighted by Gasteiger charge is -2.29. The molecule has 0 spiro atoms. The number of benzene rings is 8. The lowest BCUT2D eigenvalue weighted by molar-refractivity contribution is 0.624. The molecule has 0 heterocycles. The predicted molar refractivity (Wildman–Crippen MR) is 190 cm³/mol. The van der Waals surface area contributed by atoms with Gasteiger partial charge >= 0.3 is 0 Å². The van der Waals surface area contributed by atoms with E-state index in [9.17, 15) is 14.0 Å². The maximum atomic E-state index is 14.7. The van der Waals surface area contributed by atoms with E-state index in [1.165, 1.54) is 40.1 Å². The Labute approximate surface area is 288 Å². The highest BCUT2D eigenvalue weighted by Gasteiger charge is 2.22. The second-order valence-electron chi connectivity index (χ2n) is 10.8. The summed E-state index contributed by atoms with van der Waals surface area (Å²) in [5, 5.41) is 13.7. The van der Waals surface area contributed by atoms with E-state index in [4.69, 9.17) is 18.9 Å². The van der Waals surface area contributed by atoms with Crippen LogP contribution < -0.4 is 9.80 Å².